The fourth-order valence-corrected chi connectivity index (χ4v) is 2.47. The molecule has 0 saturated heterocycles. The smallest absolute Gasteiger partial charge is 0.237 e. The first-order valence-electron chi connectivity index (χ1n) is 8.34. The third-order valence-corrected chi connectivity index (χ3v) is 3.78. The van der Waals surface area contributed by atoms with Gasteiger partial charge in [-0.2, -0.15) is 0 Å². The number of carbonyl (C=O) groups is 1. The van der Waals surface area contributed by atoms with Crippen LogP contribution in [-0.4, -0.2) is 11.9 Å². The van der Waals surface area contributed by atoms with Crippen LogP contribution >= 0.6 is 0 Å². The highest BCUT2D eigenvalue weighted by Gasteiger charge is 2.17. The zero-order chi connectivity index (χ0) is 17.5. The van der Waals surface area contributed by atoms with Gasteiger partial charge in [0.2, 0.25) is 5.91 Å². The van der Waals surface area contributed by atoms with Crippen LogP contribution in [0.15, 0.2) is 54.6 Å². The normalized spacial score (nSPS) is 13.4. The molecular formula is C20H26N2O2. The van der Waals surface area contributed by atoms with Crippen molar-refractivity contribution >= 4 is 5.91 Å². The van der Waals surface area contributed by atoms with Crippen molar-refractivity contribution in [1.82, 2.24) is 5.32 Å². The minimum absolute atomic E-state index is 0.0958. The van der Waals surface area contributed by atoms with Crippen molar-refractivity contribution in [1.29, 1.82) is 0 Å². The van der Waals surface area contributed by atoms with Gasteiger partial charge < -0.3 is 15.8 Å². The van der Waals surface area contributed by atoms with Crippen molar-refractivity contribution < 1.29 is 9.53 Å². The molecule has 2 rings (SSSR count). The van der Waals surface area contributed by atoms with Crippen LogP contribution in [0.2, 0.25) is 0 Å². The molecule has 0 radical (unpaired) electrons. The highest BCUT2D eigenvalue weighted by Crippen LogP contribution is 2.23. The minimum atomic E-state index is -0.465. The molecule has 0 aliphatic rings. The van der Waals surface area contributed by atoms with E-state index >= 15 is 0 Å². The first-order valence-corrected chi connectivity index (χ1v) is 8.34. The van der Waals surface area contributed by atoms with Crippen LogP contribution in [0.3, 0.4) is 0 Å². The molecule has 0 spiro atoms. The van der Waals surface area contributed by atoms with Gasteiger partial charge in [-0.25, -0.2) is 0 Å². The van der Waals surface area contributed by atoms with Crippen molar-refractivity contribution in [2.24, 2.45) is 11.7 Å². The van der Waals surface area contributed by atoms with E-state index in [9.17, 15) is 4.79 Å². The van der Waals surface area contributed by atoms with Crippen molar-refractivity contribution in [2.75, 3.05) is 0 Å². The first-order chi connectivity index (χ1) is 11.5. The van der Waals surface area contributed by atoms with Crippen molar-refractivity contribution in [3.63, 3.8) is 0 Å². The van der Waals surface area contributed by atoms with Gasteiger partial charge in [-0.1, -0.05) is 44.2 Å². The van der Waals surface area contributed by atoms with Crippen LogP contribution in [0.1, 0.15) is 38.8 Å². The van der Waals surface area contributed by atoms with Crippen LogP contribution in [0, 0.1) is 5.92 Å². The number of carbonyl (C=O) groups excluding carboxylic acids is 1. The maximum absolute atomic E-state index is 12.1. The summed E-state index contributed by atoms with van der Waals surface area (Å²) < 4.78 is 5.77. The fraction of sp³-hybridized carbons (Fsp3) is 0.350. The van der Waals surface area contributed by atoms with Gasteiger partial charge in [-0.05, 0) is 49.1 Å². The van der Waals surface area contributed by atoms with E-state index in [1.54, 1.807) is 0 Å². The van der Waals surface area contributed by atoms with E-state index in [0.29, 0.717) is 12.3 Å². The van der Waals surface area contributed by atoms with Gasteiger partial charge >= 0.3 is 0 Å². The molecule has 4 nitrogen and oxygen atoms in total. The quantitative estimate of drug-likeness (QED) is 0.807. The summed E-state index contributed by atoms with van der Waals surface area (Å²) in [7, 11) is 0. The lowest BCUT2D eigenvalue weighted by Gasteiger charge is -2.19. The Hall–Kier alpha value is -2.33. The molecule has 2 atom stereocenters. The standard InChI is InChI=1S/C20H26N2O2/c1-14(2)13-19(21)20(23)22-15(3)16-9-11-18(12-10-16)24-17-7-5-4-6-8-17/h4-12,14-15,19H,13,21H2,1-3H3,(H,22,23)/t15-,19+/m1/s1. The number of rotatable bonds is 7. The van der Waals surface area contributed by atoms with Crippen LogP contribution in [-0.2, 0) is 4.79 Å². The molecule has 0 aliphatic carbocycles. The fourth-order valence-electron chi connectivity index (χ4n) is 2.47. The van der Waals surface area contributed by atoms with Gasteiger partial charge in [0.1, 0.15) is 11.5 Å². The maximum Gasteiger partial charge on any atom is 0.237 e. The summed E-state index contributed by atoms with van der Waals surface area (Å²) in [6.45, 7) is 6.07. The highest BCUT2D eigenvalue weighted by atomic mass is 16.5. The molecule has 0 bridgehead atoms. The van der Waals surface area contributed by atoms with Gasteiger partial charge in [-0.3, -0.25) is 4.79 Å². The zero-order valence-corrected chi connectivity index (χ0v) is 14.5. The first kappa shape index (κ1) is 18.0. The monoisotopic (exact) mass is 326 g/mol. The minimum Gasteiger partial charge on any atom is -0.457 e. The number of benzene rings is 2. The van der Waals surface area contributed by atoms with Crippen LogP contribution < -0.4 is 15.8 Å². The molecule has 0 aromatic heterocycles. The summed E-state index contributed by atoms with van der Waals surface area (Å²) in [5.74, 6) is 1.85. The van der Waals surface area contributed by atoms with Crippen LogP contribution in [0.4, 0.5) is 0 Å². The summed E-state index contributed by atoms with van der Waals surface area (Å²) in [5.41, 5.74) is 6.94. The Morgan fingerprint density at radius 3 is 2.17 bits per heavy atom. The van der Waals surface area contributed by atoms with E-state index in [2.05, 4.69) is 19.2 Å². The summed E-state index contributed by atoms with van der Waals surface area (Å²) in [6, 6.07) is 16.8. The van der Waals surface area contributed by atoms with E-state index in [4.69, 9.17) is 10.5 Å². The number of ether oxygens (including phenoxy) is 1. The Kier molecular flexibility index (Phi) is 6.38. The molecule has 128 valence electrons. The third-order valence-electron chi connectivity index (χ3n) is 3.78. The Balaban J connectivity index is 1.93. The van der Waals surface area contributed by atoms with Gasteiger partial charge in [0.05, 0.1) is 12.1 Å². The van der Waals surface area contributed by atoms with Gasteiger partial charge in [0, 0.05) is 0 Å². The molecule has 0 unspecified atom stereocenters. The lowest BCUT2D eigenvalue weighted by atomic mass is 10.0. The Bertz CT molecular complexity index is 638. The molecule has 2 aromatic carbocycles. The molecule has 4 heteroatoms. The topological polar surface area (TPSA) is 64.4 Å². The number of para-hydroxylation sites is 1. The summed E-state index contributed by atoms with van der Waals surface area (Å²) in [6.07, 6.45) is 0.683. The largest absolute Gasteiger partial charge is 0.457 e. The number of nitrogens with two attached hydrogens (primary N) is 1. The molecule has 0 fully saturated rings. The van der Waals surface area contributed by atoms with E-state index in [1.165, 1.54) is 0 Å². The van der Waals surface area contributed by atoms with E-state index in [1.807, 2.05) is 61.5 Å². The zero-order valence-electron chi connectivity index (χ0n) is 14.5. The average Bonchev–Trinajstić information content (AvgIpc) is 2.55. The predicted molar refractivity (Wildman–Crippen MR) is 96.9 cm³/mol. The van der Waals surface area contributed by atoms with Crippen LogP contribution in [0.5, 0.6) is 11.5 Å². The molecule has 1 amide bonds. The van der Waals surface area contributed by atoms with E-state index in [0.717, 1.165) is 17.1 Å². The van der Waals surface area contributed by atoms with Crippen molar-refractivity contribution in [3.05, 3.63) is 60.2 Å². The molecule has 3 N–H and O–H groups in total. The average molecular weight is 326 g/mol. The lowest BCUT2D eigenvalue weighted by Crippen LogP contribution is -2.42. The van der Waals surface area contributed by atoms with E-state index < -0.39 is 6.04 Å². The molecule has 2 aromatic rings. The summed E-state index contributed by atoms with van der Waals surface area (Å²) in [5, 5.41) is 2.97. The molecular weight excluding hydrogens is 300 g/mol. The molecule has 0 aliphatic heterocycles. The number of nitrogens with one attached hydrogen (secondary N) is 1. The number of hydrogen-bond donors (Lipinski definition) is 2. The number of hydrogen-bond acceptors (Lipinski definition) is 3. The van der Waals surface area contributed by atoms with Gasteiger partial charge in [-0.15, -0.1) is 0 Å². The van der Waals surface area contributed by atoms with Crippen molar-refractivity contribution in [2.45, 2.75) is 39.3 Å². The summed E-state index contributed by atoms with van der Waals surface area (Å²) in [4.78, 5) is 12.1. The number of amides is 1. The van der Waals surface area contributed by atoms with Gasteiger partial charge in [0.15, 0.2) is 0 Å². The second-order valence-corrected chi connectivity index (χ2v) is 6.45. The van der Waals surface area contributed by atoms with Crippen LogP contribution in [0.25, 0.3) is 0 Å². The SMILES string of the molecule is CC(C)C[C@H](N)C(=O)N[C@H](C)c1ccc(Oc2ccccc2)cc1. The summed E-state index contributed by atoms with van der Waals surface area (Å²) >= 11 is 0. The molecule has 0 heterocycles. The van der Waals surface area contributed by atoms with E-state index in [-0.39, 0.29) is 11.9 Å². The highest BCUT2D eigenvalue weighted by molar-refractivity contribution is 5.81. The van der Waals surface area contributed by atoms with Crippen molar-refractivity contribution in [3.8, 4) is 11.5 Å². The molecule has 24 heavy (non-hydrogen) atoms. The maximum atomic E-state index is 12.1. The molecule has 0 saturated carbocycles. The van der Waals surface area contributed by atoms with Gasteiger partial charge in [0.25, 0.3) is 0 Å². The predicted octanol–water partition coefficient (Wildman–Crippen LogP) is 4.03. The second-order valence-electron chi connectivity index (χ2n) is 6.45. The Morgan fingerprint density at radius 2 is 1.58 bits per heavy atom. The second kappa shape index (κ2) is 8.50. The Labute approximate surface area is 144 Å². The Morgan fingerprint density at radius 1 is 1.00 bits per heavy atom. The third kappa shape index (κ3) is 5.39. The lowest BCUT2D eigenvalue weighted by molar-refractivity contribution is -0.123.